The SMILES string of the molecule is C[C@]12C[C@H](Nc3ccccc31)[C@H]1CNc3ccccc3[C@@]12C. The molecule has 1 fully saturated rings. The lowest BCUT2D eigenvalue weighted by Gasteiger charge is -2.48. The van der Waals surface area contributed by atoms with Gasteiger partial charge < -0.3 is 10.6 Å². The van der Waals surface area contributed by atoms with Crippen molar-refractivity contribution >= 4 is 11.4 Å². The van der Waals surface area contributed by atoms with Crippen LogP contribution in [0.15, 0.2) is 48.5 Å². The first kappa shape index (κ1) is 12.6. The lowest BCUT2D eigenvalue weighted by Crippen LogP contribution is -2.49. The molecule has 2 bridgehead atoms. The first-order chi connectivity index (χ1) is 10.6. The molecule has 2 aromatic carbocycles. The van der Waals surface area contributed by atoms with E-state index in [1.807, 2.05) is 0 Å². The molecule has 2 aromatic rings. The molecule has 0 saturated heterocycles. The molecule has 5 rings (SSSR count). The van der Waals surface area contributed by atoms with Crippen LogP contribution in [0.1, 0.15) is 31.4 Å². The highest BCUT2D eigenvalue weighted by Gasteiger charge is 2.64. The van der Waals surface area contributed by atoms with Gasteiger partial charge in [0, 0.05) is 40.7 Å². The predicted molar refractivity (Wildman–Crippen MR) is 91.6 cm³/mol. The second-order valence-electron chi connectivity index (χ2n) is 7.57. The molecule has 2 heteroatoms. The summed E-state index contributed by atoms with van der Waals surface area (Å²) in [5, 5.41) is 7.50. The fraction of sp³-hybridized carbons (Fsp3) is 0.400. The van der Waals surface area contributed by atoms with Crippen molar-refractivity contribution in [2.75, 3.05) is 17.2 Å². The zero-order chi connectivity index (χ0) is 14.9. The van der Waals surface area contributed by atoms with Crippen LogP contribution in [0.2, 0.25) is 0 Å². The van der Waals surface area contributed by atoms with Gasteiger partial charge in [-0.25, -0.2) is 0 Å². The number of anilines is 2. The minimum Gasteiger partial charge on any atom is -0.384 e. The molecule has 112 valence electrons. The average molecular weight is 290 g/mol. The molecule has 1 aliphatic carbocycles. The molecule has 0 radical (unpaired) electrons. The third kappa shape index (κ3) is 1.24. The molecule has 2 aliphatic heterocycles. The van der Waals surface area contributed by atoms with Gasteiger partial charge in [0.25, 0.3) is 0 Å². The van der Waals surface area contributed by atoms with E-state index in [1.165, 1.54) is 28.9 Å². The van der Waals surface area contributed by atoms with Crippen LogP contribution in [0.25, 0.3) is 0 Å². The van der Waals surface area contributed by atoms with Crippen LogP contribution < -0.4 is 10.6 Å². The van der Waals surface area contributed by atoms with Crippen molar-refractivity contribution in [1.29, 1.82) is 0 Å². The van der Waals surface area contributed by atoms with E-state index in [0.717, 1.165) is 6.54 Å². The Morgan fingerprint density at radius 1 is 0.909 bits per heavy atom. The van der Waals surface area contributed by atoms with Crippen LogP contribution in [-0.4, -0.2) is 12.6 Å². The Morgan fingerprint density at radius 2 is 1.59 bits per heavy atom. The summed E-state index contributed by atoms with van der Waals surface area (Å²) in [5.41, 5.74) is 6.03. The van der Waals surface area contributed by atoms with Crippen LogP contribution in [0, 0.1) is 5.92 Å². The number of hydrogen-bond donors (Lipinski definition) is 2. The zero-order valence-electron chi connectivity index (χ0n) is 13.2. The largest absolute Gasteiger partial charge is 0.384 e. The normalized spacial score (nSPS) is 37.4. The third-order valence-electron chi connectivity index (χ3n) is 6.86. The van der Waals surface area contributed by atoms with Gasteiger partial charge in [-0.2, -0.15) is 0 Å². The van der Waals surface area contributed by atoms with Crippen molar-refractivity contribution < 1.29 is 0 Å². The first-order valence-electron chi connectivity index (χ1n) is 8.34. The van der Waals surface area contributed by atoms with Crippen LogP contribution in [0.4, 0.5) is 11.4 Å². The molecule has 0 amide bonds. The van der Waals surface area contributed by atoms with E-state index in [-0.39, 0.29) is 10.8 Å². The summed E-state index contributed by atoms with van der Waals surface area (Å²) in [4.78, 5) is 0. The standard InChI is InChI=1S/C20H22N2/c1-19-11-18(22-17-10-6-3-7-13(17)19)15-12-21-16-9-5-4-8-14(16)20(15,19)2/h3-10,15,18,21-22H,11-12H2,1-2H3/t15-,18+,19+,20+/m1/s1. The summed E-state index contributed by atoms with van der Waals surface area (Å²) < 4.78 is 0. The van der Waals surface area contributed by atoms with Gasteiger partial charge in [-0.3, -0.25) is 0 Å². The van der Waals surface area contributed by atoms with Gasteiger partial charge in [0.05, 0.1) is 0 Å². The molecule has 2 heterocycles. The topological polar surface area (TPSA) is 24.1 Å². The van der Waals surface area contributed by atoms with Crippen molar-refractivity contribution in [2.45, 2.75) is 37.1 Å². The zero-order valence-corrected chi connectivity index (χ0v) is 13.2. The highest BCUT2D eigenvalue weighted by Crippen LogP contribution is 2.64. The predicted octanol–water partition coefficient (Wildman–Crippen LogP) is 4.14. The van der Waals surface area contributed by atoms with Gasteiger partial charge in [0.2, 0.25) is 0 Å². The number of benzene rings is 2. The van der Waals surface area contributed by atoms with Crippen molar-refractivity contribution in [3.63, 3.8) is 0 Å². The summed E-state index contributed by atoms with van der Waals surface area (Å²) in [6, 6.07) is 18.4. The van der Waals surface area contributed by atoms with Gasteiger partial charge in [-0.15, -0.1) is 0 Å². The highest BCUT2D eigenvalue weighted by atomic mass is 15.0. The summed E-state index contributed by atoms with van der Waals surface area (Å²) in [7, 11) is 0. The van der Waals surface area contributed by atoms with E-state index < -0.39 is 0 Å². The number of rotatable bonds is 0. The molecule has 22 heavy (non-hydrogen) atoms. The maximum Gasteiger partial charge on any atom is 0.0380 e. The minimum absolute atomic E-state index is 0.180. The van der Waals surface area contributed by atoms with Gasteiger partial charge in [0.15, 0.2) is 0 Å². The Kier molecular flexibility index (Phi) is 2.21. The number of nitrogens with one attached hydrogen (secondary N) is 2. The molecular weight excluding hydrogens is 268 g/mol. The molecule has 3 aliphatic rings. The molecular formula is C20H22N2. The fourth-order valence-corrected chi connectivity index (χ4v) is 5.59. The molecule has 0 unspecified atom stereocenters. The maximum atomic E-state index is 3.83. The number of para-hydroxylation sites is 2. The van der Waals surface area contributed by atoms with Crippen LogP contribution in [-0.2, 0) is 10.8 Å². The first-order valence-corrected chi connectivity index (χ1v) is 8.34. The average Bonchev–Trinajstić information content (AvgIpc) is 2.73. The summed E-state index contributed by atoms with van der Waals surface area (Å²) in [5.74, 6) is 0.625. The Hall–Kier alpha value is -1.96. The Bertz CT molecular complexity index is 768. The van der Waals surface area contributed by atoms with E-state index in [1.54, 1.807) is 0 Å². The van der Waals surface area contributed by atoms with Gasteiger partial charge >= 0.3 is 0 Å². The van der Waals surface area contributed by atoms with Crippen molar-refractivity contribution in [1.82, 2.24) is 0 Å². The lowest BCUT2D eigenvalue weighted by atomic mass is 9.57. The van der Waals surface area contributed by atoms with Crippen molar-refractivity contribution in [3.8, 4) is 0 Å². The van der Waals surface area contributed by atoms with E-state index in [2.05, 4.69) is 73.0 Å². The highest BCUT2D eigenvalue weighted by molar-refractivity contribution is 5.68. The monoisotopic (exact) mass is 290 g/mol. The minimum atomic E-state index is 0.180. The molecule has 2 N–H and O–H groups in total. The quantitative estimate of drug-likeness (QED) is 0.762. The van der Waals surface area contributed by atoms with E-state index in [0.29, 0.717) is 12.0 Å². The Morgan fingerprint density at radius 3 is 2.41 bits per heavy atom. The van der Waals surface area contributed by atoms with Gasteiger partial charge in [-0.1, -0.05) is 50.2 Å². The van der Waals surface area contributed by atoms with E-state index in [9.17, 15) is 0 Å². The van der Waals surface area contributed by atoms with E-state index in [4.69, 9.17) is 0 Å². The summed E-state index contributed by atoms with van der Waals surface area (Å²) in [6.45, 7) is 6.05. The fourth-order valence-electron chi connectivity index (χ4n) is 5.59. The van der Waals surface area contributed by atoms with Crippen LogP contribution in [0.5, 0.6) is 0 Å². The number of hydrogen-bond acceptors (Lipinski definition) is 2. The van der Waals surface area contributed by atoms with Crippen LogP contribution >= 0.6 is 0 Å². The molecule has 0 aromatic heterocycles. The van der Waals surface area contributed by atoms with Crippen molar-refractivity contribution in [2.24, 2.45) is 5.92 Å². The second kappa shape index (κ2) is 3.87. The maximum absolute atomic E-state index is 3.83. The van der Waals surface area contributed by atoms with Crippen LogP contribution in [0.3, 0.4) is 0 Å². The summed E-state index contributed by atoms with van der Waals surface area (Å²) >= 11 is 0. The molecule has 4 atom stereocenters. The summed E-state index contributed by atoms with van der Waals surface area (Å²) in [6.07, 6.45) is 1.22. The van der Waals surface area contributed by atoms with Gasteiger partial charge in [-0.05, 0) is 29.7 Å². The Balaban J connectivity index is 1.82. The number of fused-ring (bicyclic) bond motifs is 9. The second-order valence-corrected chi connectivity index (χ2v) is 7.57. The Labute approximate surface area is 131 Å². The van der Waals surface area contributed by atoms with Crippen molar-refractivity contribution in [3.05, 3.63) is 59.7 Å². The lowest BCUT2D eigenvalue weighted by molar-refractivity contribution is 0.242. The molecule has 1 saturated carbocycles. The van der Waals surface area contributed by atoms with Gasteiger partial charge in [0.1, 0.15) is 0 Å². The smallest absolute Gasteiger partial charge is 0.0380 e. The third-order valence-corrected chi connectivity index (χ3v) is 6.86. The molecule has 0 spiro atoms. The molecule has 2 nitrogen and oxygen atoms in total. The van der Waals surface area contributed by atoms with E-state index >= 15 is 0 Å².